The number of hydrogen-bond acceptors (Lipinski definition) is 6. The van der Waals surface area contributed by atoms with Gasteiger partial charge < -0.3 is 23.8 Å². The number of amides is 1. The number of para-hydroxylation sites is 1. The van der Waals surface area contributed by atoms with Crippen molar-refractivity contribution in [1.82, 2.24) is 0 Å². The summed E-state index contributed by atoms with van der Waals surface area (Å²) in [5.74, 6) is 0.547. The number of benzene rings is 2. The number of carbonyl (C=O) groups excluding carboxylic acids is 2. The third-order valence-corrected chi connectivity index (χ3v) is 5.18. The van der Waals surface area contributed by atoms with Gasteiger partial charge in [-0.05, 0) is 55.7 Å². The van der Waals surface area contributed by atoms with Crippen LogP contribution in [-0.4, -0.2) is 45.4 Å². The van der Waals surface area contributed by atoms with E-state index in [0.29, 0.717) is 22.8 Å². The standard InChI is InChI=1S/C24H27NO6/c1-15-12-18-8-6-7-9-19(18)25(15)24(27)16(2)31-22(26)11-10-17-13-20(28-3)23(30-5)21(14-17)29-4/h6-11,13-16H,12H2,1-5H3/b11-10+/t15-,16-/m1/s1. The molecular weight excluding hydrogens is 398 g/mol. The second-order valence-corrected chi connectivity index (χ2v) is 7.26. The summed E-state index contributed by atoms with van der Waals surface area (Å²) in [4.78, 5) is 27.0. The van der Waals surface area contributed by atoms with Gasteiger partial charge in [-0.3, -0.25) is 4.79 Å². The van der Waals surface area contributed by atoms with Crippen molar-refractivity contribution in [2.75, 3.05) is 26.2 Å². The molecule has 0 N–H and O–H groups in total. The van der Waals surface area contributed by atoms with Crippen molar-refractivity contribution in [3.63, 3.8) is 0 Å². The maximum Gasteiger partial charge on any atom is 0.331 e. The lowest BCUT2D eigenvalue weighted by Crippen LogP contribution is -2.43. The number of ether oxygens (including phenoxy) is 4. The molecule has 1 aliphatic rings. The topological polar surface area (TPSA) is 74.3 Å². The van der Waals surface area contributed by atoms with E-state index in [0.717, 1.165) is 17.7 Å². The molecule has 2 aromatic carbocycles. The lowest BCUT2D eigenvalue weighted by Gasteiger charge is -2.25. The van der Waals surface area contributed by atoms with Crippen LogP contribution in [0.1, 0.15) is 25.0 Å². The van der Waals surface area contributed by atoms with Crippen LogP contribution >= 0.6 is 0 Å². The molecule has 7 heteroatoms. The van der Waals surface area contributed by atoms with Gasteiger partial charge in [-0.15, -0.1) is 0 Å². The number of methoxy groups -OCH3 is 3. The van der Waals surface area contributed by atoms with Gasteiger partial charge in [0.25, 0.3) is 5.91 Å². The minimum absolute atomic E-state index is 0.0147. The zero-order chi connectivity index (χ0) is 22.5. The van der Waals surface area contributed by atoms with E-state index in [1.165, 1.54) is 27.4 Å². The molecule has 0 spiro atoms. The molecule has 0 saturated heterocycles. The van der Waals surface area contributed by atoms with Gasteiger partial charge in [0.05, 0.1) is 21.3 Å². The average molecular weight is 425 g/mol. The monoisotopic (exact) mass is 425 g/mol. The van der Waals surface area contributed by atoms with Crippen LogP contribution in [0.15, 0.2) is 42.5 Å². The third-order valence-electron chi connectivity index (χ3n) is 5.18. The van der Waals surface area contributed by atoms with Crippen molar-refractivity contribution in [2.45, 2.75) is 32.4 Å². The number of carbonyl (C=O) groups is 2. The second kappa shape index (κ2) is 9.55. The second-order valence-electron chi connectivity index (χ2n) is 7.26. The van der Waals surface area contributed by atoms with Crippen molar-refractivity contribution in [2.24, 2.45) is 0 Å². The molecule has 0 radical (unpaired) electrons. The van der Waals surface area contributed by atoms with Crippen molar-refractivity contribution >= 4 is 23.6 Å². The molecule has 0 fully saturated rings. The first-order chi connectivity index (χ1) is 14.9. The van der Waals surface area contributed by atoms with Crippen molar-refractivity contribution in [1.29, 1.82) is 0 Å². The molecule has 1 amide bonds. The molecule has 0 aromatic heterocycles. The third kappa shape index (κ3) is 4.66. The van der Waals surface area contributed by atoms with Crippen LogP contribution in [0.25, 0.3) is 6.08 Å². The fourth-order valence-corrected chi connectivity index (χ4v) is 3.72. The highest BCUT2D eigenvalue weighted by Crippen LogP contribution is 2.38. The maximum absolute atomic E-state index is 12.9. The molecular formula is C24H27NO6. The first-order valence-electron chi connectivity index (χ1n) is 9.99. The highest BCUT2D eigenvalue weighted by molar-refractivity contribution is 6.00. The van der Waals surface area contributed by atoms with E-state index in [-0.39, 0.29) is 11.9 Å². The maximum atomic E-state index is 12.9. The predicted octanol–water partition coefficient (Wildman–Crippen LogP) is 3.64. The lowest BCUT2D eigenvalue weighted by molar-refractivity contribution is -0.149. The van der Waals surface area contributed by atoms with Gasteiger partial charge in [0.15, 0.2) is 17.6 Å². The van der Waals surface area contributed by atoms with Gasteiger partial charge in [-0.1, -0.05) is 18.2 Å². The van der Waals surface area contributed by atoms with Gasteiger partial charge in [-0.2, -0.15) is 0 Å². The van der Waals surface area contributed by atoms with Gasteiger partial charge in [0, 0.05) is 17.8 Å². The van der Waals surface area contributed by atoms with Crippen LogP contribution < -0.4 is 19.1 Å². The SMILES string of the molecule is COc1cc(/C=C/C(=O)O[C@H](C)C(=O)N2c3ccccc3C[C@H]2C)cc(OC)c1OC. The van der Waals surface area contributed by atoms with Crippen molar-refractivity contribution in [3.8, 4) is 17.2 Å². The molecule has 3 rings (SSSR count). The molecule has 2 atom stereocenters. The van der Waals surface area contributed by atoms with E-state index in [4.69, 9.17) is 18.9 Å². The summed E-state index contributed by atoms with van der Waals surface area (Å²) in [5.41, 5.74) is 2.65. The van der Waals surface area contributed by atoms with Crippen LogP contribution in [0.4, 0.5) is 5.69 Å². The quantitative estimate of drug-likeness (QED) is 0.498. The van der Waals surface area contributed by atoms with Crippen LogP contribution in [0.5, 0.6) is 17.2 Å². The molecule has 1 aliphatic heterocycles. The fourth-order valence-electron chi connectivity index (χ4n) is 3.72. The van der Waals surface area contributed by atoms with E-state index in [9.17, 15) is 9.59 Å². The van der Waals surface area contributed by atoms with Gasteiger partial charge in [0.2, 0.25) is 5.75 Å². The summed E-state index contributed by atoms with van der Waals surface area (Å²) < 4.78 is 21.3. The lowest BCUT2D eigenvalue weighted by atomic mass is 10.1. The summed E-state index contributed by atoms with van der Waals surface area (Å²) in [5, 5.41) is 0. The number of rotatable bonds is 7. The first-order valence-corrected chi connectivity index (χ1v) is 9.99. The normalized spacial score (nSPS) is 16.0. The number of fused-ring (bicyclic) bond motifs is 1. The summed E-state index contributed by atoms with van der Waals surface area (Å²) in [6, 6.07) is 11.2. The minimum Gasteiger partial charge on any atom is -0.493 e. The van der Waals surface area contributed by atoms with Gasteiger partial charge in [-0.25, -0.2) is 4.79 Å². The Balaban J connectivity index is 1.69. The molecule has 0 aliphatic carbocycles. The number of hydrogen-bond donors (Lipinski definition) is 0. The molecule has 0 saturated carbocycles. The van der Waals surface area contributed by atoms with E-state index >= 15 is 0 Å². The zero-order valence-corrected chi connectivity index (χ0v) is 18.4. The Morgan fingerprint density at radius 2 is 1.71 bits per heavy atom. The highest BCUT2D eigenvalue weighted by Gasteiger charge is 2.34. The minimum atomic E-state index is -0.911. The van der Waals surface area contributed by atoms with Crippen LogP contribution in [0.3, 0.4) is 0 Å². The number of nitrogens with zero attached hydrogens (tertiary/aromatic N) is 1. The van der Waals surface area contributed by atoms with E-state index in [1.807, 2.05) is 31.2 Å². The first kappa shape index (κ1) is 22.2. The fraction of sp³-hybridized carbons (Fsp3) is 0.333. The number of anilines is 1. The molecule has 164 valence electrons. The van der Waals surface area contributed by atoms with Gasteiger partial charge in [0.1, 0.15) is 0 Å². The van der Waals surface area contributed by atoms with Crippen LogP contribution in [-0.2, 0) is 20.7 Å². The molecule has 0 unspecified atom stereocenters. The summed E-state index contributed by atoms with van der Waals surface area (Å²) in [6.07, 6.45) is 2.71. The van der Waals surface area contributed by atoms with Crippen molar-refractivity contribution in [3.05, 3.63) is 53.6 Å². The molecule has 0 bridgehead atoms. The molecule has 31 heavy (non-hydrogen) atoms. The molecule has 7 nitrogen and oxygen atoms in total. The smallest absolute Gasteiger partial charge is 0.331 e. The highest BCUT2D eigenvalue weighted by atomic mass is 16.5. The Labute approximate surface area is 182 Å². The summed E-state index contributed by atoms with van der Waals surface area (Å²) in [6.45, 7) is 3.57. The zero-order valence-electron chi connectivity index (χ0n) is 18.4. The Bertz CT molecular complexity index is 974. The Morgan fingerprint density at radius 1 is 1.06 bits per heavy atom. The largest absolute Gasteiger partial charge is 0.493 e. The Hall–Kier alpha value is -3.48. The molecule has 1 heterocycles. The van der Waals surface area contributed by atoms with Gasteiger partial charge >= 0.3 is 5.97 Å². The van der Waals surface area contributed by atoms with Crippen LogP contribution in [0.2, 0.25) is 0 Å². The van der Waals surface area contributed by atoms with Crippen molar-refractivity contribution < 1.29 is 28.5 Å². The van der Waals surface area contributed by atoms with E-state index in [1.54, 1.807) is 30.0 Å². The molecule has 2 aromatic rings. The number of esters is 1. The Kier molecular flexibility index (Phi) is 6.84. The predicted molar refractivity (Wildman–Crippen MR) is 118 cm³/mol. The van der Waals surface area contributed by atoms with E-state index < -0.39 is 12.1 Å². The van der Waals surface area contributed by atoms with E-state index in [2.05, 4.69) is 0 Å². The average Bonchev–Trinajstić information content (AvgIpc) is 3.11. The summed E-state index contributed by atoms with van der Waals surface area (Å²) in [7, 11) is 4.55. The summed E-state index contributed by atoms with van der Waals surface area (Å²) >= 11 is 0. The van der Waals surface area contributed by atoms with Crippen LogP contribution in [0, 0.1) is 0 Å². The Morgan fingerprint density at radius 3 is 2.32 bits per heavy atom.